The fraction of sp³-hybridized carbons (Fsp3) is 0.250. The van der Waals surface area contributed by atoms with Gasteiger partial charge in [-0.05, 0) is 36.2 Å². The van der Waals surface area contributed by atoms with Gasteiger partial charge in [0.2, 0.25) is 0 Å². The number of benzene rings is 2. The van der Waals surface area contributed by atoms with E-state index in [-0.39, 0.29) is 5.63 Å². The van der Waals surface area contributed by atoms with Crippen molar-refractivity contribution >= 4 is 11.0 Å². The van der Waals surface area contributed by atoms with E-state index in [1.54, 1.807) is 12.1 Å². The summed E-state index contributed by atoms with van der Waals surface area (Å²) in [5.41, 5.74) is 1.23. The summed E-state index contributed by atoms with van der Waals surface area (Å²) in [5.74, 6) is 1.55. The zero-order valence-electron chi connectivity index (χ0n) is 13.7. The molecular formula is C20H20O4. The molecule has 4 nitrogen and oxygen atoms in total. The molecule has 1 aromatic heterocycles. The lowest BCUT2D eigenvalue weighted by atomic mass is 10.1. The van der Waals surface area contributed by atoms with Gasteiger partial charge in [-0.15, -0.1) is 0 Å². The molecule has 0 N–H and O–H groups in total. The predicted molar refractivity (Wildman–Crippen MR) is 93.9 cm³/mol. The van der Waals surface area contributed by atoms with Gasteiger partial charge in [-0.1, -0.05) is 25.1 Å². The lowest BCUT2D eigenvalue weighted by Crippen LogP contribution is -2.05. The standard InChI is InChI=1S/C20H20O4/c1-2-15-13-20(21)24-19-14-17(9-10-18(15)19)23-12-6-11-22-16-7-4-3-5-8-16/h3-5,7-10,13-14H,2,6,11-12H2,1H3. The van der Waals surface area contributed by atoms with Gasteiger partial charge in [-0.2, -0.15) is 0 Å². The van der Waals surface area contributed by atoms with E-state index in [0.29, 0.717) is 24.5 Å². The first-order valence-electron chi connectivity index (χ1n) is 8.13. The van der Waals surface area contributed by atoms with Crippen LogP contribution in [0.2, 0.25) is 0 Å². The van der Waals surface area contributed by atoms with Crippen LogP contribution in [0, 0.1) is 0 Å². The molecule has 0 unspecified atom stereocenters. The largest absolute Gasteiger partial charge is 0.493 e. The molecule has 0 fully saturated rings. The van der Waals surface area contributed by atoms with Gasteiger partial charge in [-0.25, -0.2) is 4.79 Å². The molecule has 0 aliphatic rings. The quantitative estimate of drug-likeness (QED) is 0.483. The Balaban J connectivity index is 1.57. The maximum Gasteiger partial charge on any atom is 0.336 e. The summed E-state index contributed by atoms with van der Waals surface area (Å²) in [7, 11) is 0. The van der Waals surface area contributed by atoms with Gasteiger partial charge in [0.25, 0.3) is 0 Å². The Labute approximate surface area is 140 Å². The summed E-state index contributed by atoms with van der Waals surface area (Å²) < 4.78 is 16.6. The molecule has 124 valence electrons. The number of ether oxygens (including phenoxy) is 2. The third-order valence-electron chi connectivity index (χ3n) is 3.75. The van der Waals surface area contributed by atoms with Crippen molar-refractivity contribution in [1.82, 2.24) is 0 Å². The summed E-state index contributed by atoms with van der Waals surface area (Å²) in [5, 5.41) is 0.955. The van der Waals surface area contributed by atoms with Gasteiger partial charge < -0.3 is 13.9 Å². The number of aryl methyl sites for hydroxylation is 1. The van der Waals surface area contributed by atoms with Crippen molar-refractivity contribution < 1.29 is 13.9 Å². The normalized spacial score (nSPS) is 10.7. The number of hydrogen-bond acceptors (Lipinski definition) is 4. The summed E-state index contributed by atoms with van der Waals surface area (Å²) in [6.07, 6.45) is 1.56. The van der Waals surface area contributed by atoms with E-state index in [1.807, 2.05) is 49.4 Å². The average Bonchev–Trinajstić information content (AvgIpc) is 2.61. The van der Waals surface area contributed by atoms with Crippen LogP contribution in [0.3, 0.4) is 0 Å². The molecule has 0 atom stereocenters. The number of rotatable bonds is 7. The van der Waals surface area contributed by atoms with Crippen molar-refractivity contribution in [3.63, 3.8) is 0 Å². The molecule has 3 aromatic rings. The highest BCUT2D eigenvalue weighted by Crippen LogP contribution is 2.23. The van der Waals surface area contributed by atoms with Crippen LogP contribution in [0.1, 0.15) is 18.9 Å². The van der Waals surface area contributed by atoms with E-state index in [9.17, 15) is 4.79 Å². The molecule has 0 radical (unpaired) electrons. The van der Waals surface area contributed by atoms with Crippen LogP contribution in [0.5, 0.6) is 11.5 Å². The molecule has 4 heteroatoms. The van der Waals surface area contributed by atoms with Gasteiger partial charge >= 0.3 is 5.63 Å². The molecule has 2 aromatic carbocycles. The highest BCUT2D eigenvalue weighted by Gasteiger charge is 2.06. The second-order valence-electron chi connectivity index (χ2n) is 5.47. The monoisotopic (exact) mass is 324 g/mol. The van der Waals surface area contributed by atoms with Crippen molar-refractivity contribution in [2.75, 3.05) is 13.2 Å². The first-order chi connectivity index (χ1) is 11.8. The van der Waals surface area contributed by atoms with E-state index in [1.165, 1.54) is 0 Å². The van der Waals surface area contributed by atoms with Crippen molar-refractivity contribution in [2.45, 2.75) is 19.8 Å². The molecule has 24 heavy (non-hydrogen) atoms. The summed E-state index contributed by atoms with van der Waals surface area (Å²) in [6, 6.07) is 16.9. The van der Waals surface area contributed by atoms with E-state index in [4.69, 9.17) is 13.9 Å². The molecule has 0 aliphatic heterocycles. The lowest BCUT2D eigenvalue weighted by Gasteiger charge is -2.09. The van der Waals surface area contributed by atoms with Crippen molar-refractivity contribution in [3.05, 3.63) is 70.6 Å². The maximum absolute atomic E-state index is 11.6. The van der Waals surface area contributed by atoms with Crippen molar-refractivity contribution in [1.29, 1.82) is 0 Å². The van der Waals surface area contributed by atoms with Crippen LogP contribution < -0.4 is 15.1 Å². The fourth-order valence-corrected chi connectivity index (χ4v) is 2.55. The lowest BCUT2D eigenvalue weighted by molar-refractivity contribution is 0.247. The van der Waals surface area contributed by atoms with Crippen molar-refractivity contribution in [3.8, 4) is 11.5 Å². The van der Waals surface area contributed by atoms with Crippen LogP contribution in [0.25, 0.3) is 11.0 Å². The molecule has 0 amide bonds. The predicted octanol–water partition coefficient (Wildman–Crippen LogP) is 4.20. The second kappa shape index (κ2) is 7.68. The zero-order chi connectivity index (χ0) is 16.8. The molecule has 1 heterocycles. The highest BCUT2D eigenvalue weighted by molar-refractivity contribution is 5.81. The van der Waals surface area contributed by atoms with Gasteiger partial charge in [0.15, 0.2) is 0 Å². The SMILES string of the molecule is CCc1cc(=O)oc2cc(OCCCOc3ccccc3)ccc12. The Bertz CT molecular complexity index is 852. The van der Waals surface area contributed by atoms with E-state index < -0.39 is 0 Å². The Morgan fingerprint density at radius 1 is 0.917 bits per heavy atom. The van der Waals surface area contributed by atoms with E-state index in [2.05, 4.69) is 0 Å². The van der Waals surface area contributed by atoms with Crippen LogP contribution in [-0.2, 0) is 6.42 Å². The number of para-hydroxylation sites is 1. The first-order valence-corrected chi connectivity index (χ1v) is 8.13. The second-order valence-corrected chi connectivity index (χ2v) is 5.47. The average molecular weight is 324 g/mol. The molecule has 0 bridgehead atoms. The maximum atomic E-state index is 11.6. The van der Waals surface area contributed by atoms with Crippen LogP contribution in [0.4, 0.5) is 0 Å². The molecular weight excluding hydrogens is 304 g/mol. The molecule has 0 saturated heterocycles. The highest BCUT2D eigenvalue weighted by atomic mass is 16.5. The fourth-order valence-electron chi connectivity index (χ4n) is 2.55. The molecule has 0 aliphatic carbocycles. The van der Waals surface area contributed by atoms with Gasteiger partial charge in [0.1, 0.15) is 17.1 Å². The van der Waals surface area contributed by atoms with Gasteiger partial charge in [-0.3, -0.25) is 0 Å². The molecule has 0 saturated carbocycles. The van der Waals surface area contributed by atoms with Crippen LogP contribution >= 0.6 is 0 Å². The molecule has 0 spiro atoms. The van der Waals surface area contributed by atoms with E-state index in [0.717, 1.165) is 29.5 Å². The Hall–Kier alpha value is -2.75. The Morgan fingerprint density at radius 3 is 2.42 bits per heavy atom. The van der Waals surface area contributed by atoms with Crippen molar-refractivity contribution in [2.24, 2.45) is 0 Å². The topological polar surface area (TPSA) is 48.7 Å². The first kappa shape index (κ1) is 16.1. The number of hydrogen-bond donors (Lipinski definition) is 0. The zero-order valence-corrected chi connectivity index (χ0v) is 13.7. The van der Waals surface area contributed by atoms with Crippen LogP contribution in [0.15, 0.2) is 63.8 Å². The van der Waals surface area contributed by atoms with Gasteiger partial charge in [0, 0.05) is 23.9 Å². The minimum Gasteiger partial charge on any atom is -0.493 e. The summed E-state index contributed by atoms with van der Waals surface area (Å²) in [4.78, 5) is 11.6. The van der Waals surface area contributed by atoms with Crippen LogP contribution in [-0.4, -0.2) is 13.2 Å². The number of fused-ring (bicyclic) bond motifs is 1. The smallest absolute Gasteiger partial charge is 0.336 e. The molecule has 3 rings (SSSR count). The minimum absolute atomic E-state index is 0.326. The Morgan fingerprint density at radius 2 is 1.67 bits per heavy atom. The summed E-state index contributed by atoms with van der Waals surface area (Å²) >= 11 is 0. The minimum atomic E-state index is -0.326. The third kappa shape index (κ3) is 3.96. The third-order valence-corrected chi connectivity index (χ3v) is 3.75. The Kier molecular flexibility index (Phi) is 5.16. The van der Waals surface area contributed by atoms with Gasteiger partial charge in [0.05, 0.1) is 13.2 Å². The van der Waals surface area contributed by atoms with E-state index >= 15 is 0 Å². The summed E-state index contributed by atoms with van der Waals surface area (Å²) in [6.45, 7) is 3.15.